The van der Waals surface area contributed by atoms with Gasteiger partial charge in [0.25, 0.3) is 0 Å². The van der Waals surface area contributed by atoms with Gasteiger partial charge >= 0.3 is 5.97 Å². The van der Waals surface area contributed by atoms with E-state index in [2.05, 4.69) is 10.1 Å². The van der Waals surface area contributed by atoms with Gasteiger partial charge < -0.3 is 10.1 Å². The zero-order valence-corrected chi connectivity index (χ0v) is 14.2. The minimum atomic E-state index is -3.55. The molecule has 0 aliphatic carbocycles. The SMILES string of the molecule is COC(=O)c1ccc(S(=O)(=O)N2CCC3CCC(C2)N3)c(C)c1. The predicted molar refractivity (Wildman–Crippen MR) is 85.8 cm³/mol. The van der Waals surface area contributed by atoms with Crippen LogP contribution in [-0.2, 0) is 14.8 Å². The van der Waals surface area contributed by atoms with Crippen molar-refractivity contribution in [2.45, 2.75) is 43.2 Å². The molecule has 0 spiro atoms. The first-order chi connectivity index (χ1) is 10.9. The van der Waals surface area contributed by atoms with Crippen LogP contribution in [0.4, 0.5) is 0 Å². The Bertz CT molecular complexity index is 717. The van der Waals surface area contributed by atoms with Crippen molar-refractivity contribution in [2.75, 3.05) is 20.2 Å². The third-order valence-corrected chi connectivity index (χ3v) is 6.73. The van der Waals surface area contributed by atoms with E-state index in [4.69, 9.17) is 0 Å². The molecule has 2 saturated heterocycles. The van der Waals surface area contributed by atoms with Crippen LogP contribution in [0.15, 0.2) is 23.1 Å². The molecule has 1 aromatic rings. The summed E-state index contributed by atoms with van der Waals surface area (Å²) in [6, 6.07) is 5.26. The molecule has 3 rings (SSSR count). The summed E-state index contributed by atoms with van der Waals surface area (Å²) in [6.45, 7) is 2.76. The third kappa shape index (κ3) is 3.13. The van der Waals surface area contributed by atoms with Crippen LogP contribution < -0.4 is 5.32 Å². The Hall–Kier alpha value is -1.44. The first-order valence-corrected chi connectivity index (χ1v) is 9.31. The monoisotopic (exact) mass is 338 g/mol. The van der Waals surface area contributed by atoms with E-state index < -0.39 is 16.0 Å². The predicted octanol–water partition coefficient (Wildman–Crippen LogP) is 1.30. The Labute approximate surface area is 136 Å². The summed E-state index contributed by atoms with van der Waals surface area (Å²) >= 11 is 0. The molecule has 2 aliphatic rings. The molecule has 1 aromatic carbocycles. The molecule has 2 heterocycles. The molecule has 1 N–H and O–H groups in total. The summed E-state index contributed by atoms with van der Waals surface area (Å²) in [6.07, 6.45) is 3.00. The Balaban J connectivity index is 1.89. The first kappa shape index (κ1) is 16.4. The number of ether oxygens (including phenoxy) is 1. The number of hydrogen-bond acceptors (Lipinski definition) is 5. The highest BCUT2D eigenvalue weighted by atomic mass is 32.2. The molecule has 0 aromatic heterocycles. The van der Waals surface area contributed by atoms with Crippen LogP contribution in [0.3, 0.4) is 0 Å². The number of hydrogen-bond donors (Lipinski definition) is 1. The van der Waals surface area contributed by atoms with E-state index in [0.717, 1.165) is 19.3 Å². The largest absolute Gasteiger partial charge is 0.465 e. The number of carbonyl (C=O) groups is 1. The van der Waals surface area contributed by atoms with Crippen LogP contribution in [0.2, 0.25) is 0 Å². The highest BCUT2D eigenvalue weighted by Gasteiger charge is 2.35. The quantitative estimate of drug-likeness (QED) is 0.841. The van der Waals surface area contributed by atoms with E-state index in [1.54, 1.807) is 17.3 Å². The van der Waals surface area contributed by atoms with E-state index in [1.165, 1.54) is 19.2 Å². The summed E-state index contributed by atoms with van der Waals surface area (Å²) in [5.74, 6) is -0.465. The van der Waals surface area contributed by atoms with Gasteiger partial charge in [-0.1, -0.05) is 0 Å². The Morgan fingerprint density at radius 2 is 2.00 bits per heavy atom. The second kappa shape index (κ2) is 6.22. The van der Waals surface area contributed by atoms with Gasteiger partial charge in [-0.05, 0) is 49.9 Å². The lowest BCUT2D eigenvalue weighted by molar-refractivity contribution is 0.0600. The number of sulfonamides is 1. The van der Waals surface area contributed by atoms with Gasteiger partial charge in [0.05, 0.1) is 17.6 Å². The molecule has 126 valence electrons. The molecule has 2 atom stereocenters. The minimum absolute atomic E-state index is 0.243. The average molecular weight is 338 g/mol. The summed E-state index contributed by atoms with van der Waals surface area (Å²) < 4.78 is 32.2. The van der Waals surface area contributed by atoms with Crippen LogP contribution in [0.5, 0.6) is 0 Å². The lowest BCUT2D eigenvalue weighted by Crippen LogP contribution is -2.39. The first-order valence-electron chi connectivity index (χ1n) is 7.87. The average Bonchev–Trinajstić information content (AvgIpc) is 2.84. The second-order valence-electron chi connectivity index (χ2n) is 6.26. The third-order valence-electron chi connectivity index (χ3n) is 4.70. The molecular weight excluding hydrogens is 316 g/mol. The lowest BCUT2D eigenvalue weighted by Gasteiger charge is -2.24. The topological polar surface area (TPSA) is 75.7 Å². The van der Waals surface area contributed by atoms with Crippen molar-refractivity contribution < 1.29 is 17.9 Å². The number of rotatable bonds is 3. The van der Waals surface area contributed by atoms with Crippen molar-refractivity contribution >= 4 is 16.0 Å². The molecule has 23 heavy (non-hydrogen) atoms. The number of aryl methyl sites for hydroxylation is 1. The van der Waals surface area contributed by atoms with E-state index in [0.29, 0.717) is 30.3 Å². The Kier molecular flexibility index (Phi) is 4.44. The number of nitrogens with zero attached hydrogens (tertiary/aromatic N) is 1. The van der Waals surface area contributed by atoms with Gasteiger partial charge in [0.15, 0.2) is 0 Å². The molecule has 2 unspecified atom stereocenters. The maximum absolute atomic E-state index is 13.0. The highest BCUT2D eigenvalue weighted by Crippen LogP contribution is 2.27. The van der Waals surface area contributed by atoms with Gasteiger partial charge in [-0.25, -0.2) is 13.2 Å². The number of nitrogens with one attached hydrogen (secondary N) is 1. The van der Waals surface area contributed by atoms with Crippen LogP contribution in [0.25, 0.3) is 0 Å². The highest BCUT2D eigenvalue weighted by molar-refractivity contribution is 7.89. The van der Waals surface area contributed by atoms with Crippen molar-refractivity contribution in [1.82, 2.24) is 9.62 Å². The van der Waals surface area contributed by atoms with Crippen LogP contribution in [-0.4, -0.2) is 51.0 Å². The van der Waals surface area contributed by atoms with E-state index in [1.807, 2.05) is 0 Å². The molecule has 0 amide bonds. The fourth-order valence-electron chi connectivity index (χ4n) is 3.45. The molecule has 7 heteroatoms. The summed E-state index contributed by atoms with van der Waals surface area (Å²) in [4.78, 5) is 11.8. The molecule has 2 aliphatic heterocycles. The number of benzene rings is 1. The number of fused-ring (bicyclic) bond motifs is 2. The van der Waals surface area contributed by atoms with Gasteiger partial charge in [0.1, 0.15) is 0 Å². The summed E-state index contributed by atoms with van der Waals surface area (Å²) in [5, 5.41) is 3.49. The number of carbonyl (C=O) groups excluding carboxylic acids is 1. The van der Waals surface area contributed by atoms with Gasteiger partial charge in [0.2, 0.25) is 10.0 Å². The molecule has 2 fully saturated rings. The van der Waals surface area contributed by atoms with E-state index in [-0.39, 0.29) is 10.9 Å². The summed E-state index contributed by atoms with van der Waals surface area (Å²) in [5.41, 5.74) is 0.927. The fraction of sp³-hybridized carbons (Fsp3) is 0.562. The van der Waals surface area contributed by atoms with Gasteiger partial charge in [-0.2, -0.15) is 4.31 Å². The summed E-state index contributed by atoms with van der Waals surface area (Å²) in [7, 11) is -2.24. The fourth-order valence-corrected chi connectivity index (χ4v) is 5.16. The minimum Gasteiger partial charge on any atom is -0.465 e. The van der Waals surface area contributed by atoms with Crippen molar-refractivity contribution in [3.63, 3.8) is 0 Å². The van der Waals surface area contributed by atoms with Crippen molar-refractivity contribution in [2.24, 2.45) is 0 Å². The maximum Gasteiger partial charge on any atom is 0.337 e. The van der Waals surface area contributed by atoms with Gasteiger partial charge in [-0.3, -0.25) is 0 Å². The van der Waals surface area contributed by atoms with Crippen LogP contribution >= 0.6 is 0 Å². The van der Waals surface area contributed by atoms with Crippen LogP contribution in [0.1, 0.15) is 35.2 Å². The lowest BCUT2D eigenvalue weighted by atomic mass is 10.1. The molecular formula is C16H22N2O4S. The smallest absolute Gasteiger partial charge is 0.337 e. The van der Waals surface area contributed by atoms with Crippen molar-refractivity contribution in [1.29, 1.82) is 0 Å². The number of methoxy groups -OCH3 is 1. The zero-order valence-electron chi connectivity index (χ0n) is 13.4. The van der Waals surface area contributed by atoms with Gasteiger partial charge in [0, 0.05) is 25.2 Å². The zero-order chi connectivity index (χ0) is 16.6. The van der Waals surface area contributed by atoms with E-state index >= 15 is 0 Å². The van der Waals surface area contributed by atoms with Gasteiger partial charge in [-0.15, -0.1) is 0 Å². The van der Waals surface area contributed by atoms with Crippen LogP contribution in [0, 0.1) is 6.92 Å². The van der Waals surface area contributed by atoms with Crippen molar-refractivity contribution in [3.8, 4) is 0 Å². The Morgan fingerprint density at radius 1 is 1.26 bits per heavy atom. The molecule has 6 nitrogen and oxygen atoms in total. The second-order valence-corrected chi connectivity index (χ2v) is 8.17. The molecule has 0 radical (unpaired) electrons. The van der Waals surface area contributed by atoms with E-state index in [9.17, 15) is 13.2 Å². The Morgan fingerprint density at radius 3 is 2.70 bits per heavy atom. The number of esters is 1. The maximum atomic E-state index is 13.0. The standard InChI is InChI=1S/C16H22N2O4S/c1-11-9-12(16(19)22-2)3-6-15(11)23(20,21)18-8-7-13-4-5-14(10-18)17-13/h3,6,9,13-14,17H,4-5,7-8,10H2,1-2H3. The molecule has 0 saturated carbocycles. The van der Waals surface area contributed by atoms with Crippen molar-refractivity contribution in [3.05, 3.63) is 29.3 Å². The normalized spacial score (nSPS) is 25.1. The molecule has 2 bridgehead atoms.